The van der Waals surface area contributed by atoms with E-state index in [0.717, 1.165) is 17.5 Å². The van der Waals surface area contributed by atoms with Crippen molar-refractivity contribution in [2.45, 2.75) is 19.9 Å². The maximum absolute atomic E-state index is 9.22. The minimum absolute atomic E-state index is 0.392. The monoisotopic (exact) mass is 282 g/mol. The Bertz CT molecular complexity index is 675. The van der Waals surface area contributed by atoms with E-state index in [2.05, 4.69) is 13.0 Å². The molecular weight excluding hydrogens is 264 g/mol. The van der Waals surface area contributed by atoms with Crippen molar-refractivity contribution in [2.75, 3.05) is 7.11 Å². The molecule has 0 unspecified atom stereocenters. The highest BCUT2D eigenvalue weighted by molar-refractivity contribution is 5.50. The van der Waals surface area contributed by atoms with Crippen molar-refractivity contribution in [2.24, 2.45) is 5.73 Å². The van der Waals surface area contributed by atoms with Gasteiger partial charge in [0.1, 0.15) is 11.8 Å². The molecule has 2 aromatic carbocycles. The van der Waals surface area contributed by atoms with E-state index in [1.807, 2.05) is 24.3 Å². The minimum Gasteiger partial charge on any atom is -0.493 e. The van der Waals surface area contributed by atoms with Crippen LogP contribution in [-0.4, -0.2) is 7.11 Å². The van der Waals surface area contributed by atoms with Crippen LogP contribution in [0.1, 0.15) is 23.6 Å². The van der Waals surface area contributed by atoms with Crippen LogP contribution in [0.4, 0.5) is 0 Å². The molecule has 0 aliphatic rings. The van der Waals surface area contributed by atoms with Crippen molar-refractivity contribution in [3.05, 3.63) is 53.1 Å². The highest BCUT2D eigenvalue weighted by atomic mass is 16.5. The number of methoxy groups -OCH3 is 1. The number of hydrogen-bond donors (Lipinski definition) is 1. The first-order valence-corrected chi connectivity index (χ1v) is 6.79. The van der Waals surface area contributed by atoms with E-state index in [-0.39, 0.29) is 0 Å². The smallest absolute Gasteiger partial charge is 0.169 e. The topological polar surface area (TPSA) is 68.3 Å². The summed E-state index contributed by atoms with van der Waals surface area (Å²) in [4.78, 5) is 0. The van der Waals surface area contributed by atoms with Gasteiger partial charge in [-0.05, 0) is 41.8 Å². The molecular formula is C17H18N2O2. The van der Waals surface area contributed by atoms with Gasteiger partial charge in [-0.2, -0.15) is 5.26 Å². The molecule has 2 aromatic rings. The Hall–Kier alpha value is -2.51. The van der Waals surface area contributed by atoms with E-state index in [4.69, 9.17) is 15.2 Å². The number of nitrogens with zero attached hydrogens (tertiary/aromatic N) is 1. The van der Waals surface area contributed by atoms with Gasteiger partial charge in [0.15, 0.2) is 11.5 Å². The predicted octanol–water partition coefficient (Wildman–Crippen LogP) is 3.38. The molecule has 0 aliphatic carbocycles. The normalized spacial score (nSPS) is 10.0. The summed E-state index contributed by atoms with van der Waals surface area (Å²) in [6.45, 7) is 2.47. The fraction of sp³-hybridized carbons (Fsp3) is 0.235. The molecule has 0 heterocycles. The number of nitriles is 1. The van der Waals surface area contributed by atoms with E-state index in [1.165, 1.54) is 0 Å². The molecule has 0 saturated heterocycles. The van der Waals surface area contributed by atoms with Crippen LogP contribution < -0.4 is 15.2 Å². The second-order valence-electron chi connectivity index (χ2n) is 4.59. The lowest BCUT2D eigenvalue weighted by molar-refractivity contribution is 0.378. The molecule has 4 nitrogen and oxygen atoms in total. The van der Waals surface area contributed by atoms with Gasteiger partial charge in [0, 0.05) is 6.54 Å². The van der Waals surface area contributed by atoms with E-state index in [1.54, 1.807) is 19.2 Å². The molecule has 0 spiro atoms. The van der Waals surface area contributed by atoms with Gasteiger partial charge in [-0.1, -0.05) is 19.1 Å². The number of ether oxygens (including phenoxy) is 2. The fourth-order valence-electron chi connectivity index (χ4n) is 2.02. The van der Waals surface area contributed by atoms with Crippen molar-refractivity contribution < 1.29 is 9.47 Å². The zero-order valence-electron chi connectivity index (χ0n) is 12.2. The van der Waals surface area contributed by atoms with Gasteiger partial charge in [-0.25, -0.2) is 0 Å². The Morgan fingerprint density at radius 1 is 1.05 bits per heavy atom. The zero-order valence-corrected chi connectivity index (χ0v) is 12.2. The molecule has 2 N–H and O–H groups in total. The molecule has 21 heavy (non-hydrogen) atoms. The SMILES string of the molecule is CCc1ccc(Oc2ccc(CN)cc2C#N)c(OC)c1. The van der Waals surface area contributed by atoms with Crippen LogP contribution in [-0.2, 0) is 13.0 Å². The maximum Gasteiger partial charge on any atom is 0.169 e. The standard InChI is InChI=1S/C17H18N2O2/c1-3-12-4-7-16(17(9-12)20-2)21-15-6-5-13(10-18)8-14(15)11-19/h4-9H,3,10,18H2,1-2H3. The van der Waals surface area contributed by atoms with Gasteiger partial charge in [0.2, 0.25) is 0 Å². The Labute approximate surface area is 124 Å². The van der Waals surface area contributed by atoms with Crippen molar-refractivity contribution in [1.29, 1.82) is 5.26 Å². The van der Waals surface area contributed by atoms with Gasteiger partial charge in [-0.3, -0.25) is 0 Å². The lowest BCUT2D eigenvalue weighted by Crippen LogP contribution is -1.98. The molecule has 0 bridgehead atoms. The Kier molecular flexibility index (Phi) is 4.81. The van der Waals surface area contributed by atoms with Gasteiger partial charge < -0.3 is 15.2 Å². The van der Waals surface area contributed by atoms with Crippen molar-refractivity contribution in [1.82, 2.24) is 0 Å². The molecule has 0 radical (unpaired) electrons. The van der Waals surface area contributed by atoms with Crippen molar-refractivity contribution >= 4 is 0 Å². The molecule has 108 valence electrons. The summed E-state index contributed by atoms with van der Waals surface area (Å²) < 4.78 is 11.2. The first-order chi connectivity index (χ1) is 10.2. The predicted molar refractivity (Wildman–Crippen MR) is 81.5 cm³/mol. The lowest BCUT2D eigenvalue weighted by Gasteiger charge is -2.13. The third kappa shape index (κ3) is 3.33. The second kappa shape index (κ2) is 6.78. The van der Waals surface area contributed by atoms with Gasteiger partial charge in [-0.15, -0.1) is 0 Å². The van der Waals surface area contributed by atoms with Crippen LogP contribution in [0.15, 0.2) is 36.4 Å². The largest absolute Gasteiger partial charge is 0.493 e. The first-order valence-electron chi connectivity index (χ1n) is 6.79. The minimum atomic E-state index is 0.392. The van der Waals surface area contributed by atoms with Gasteiger partial charge in [0.05, 0.1) is 12.7 Å². The number of hydrogen-bond acceptors (Lipinski definition) is 4. The molecule has 0 aromatic heterocycles. The molecule has 0 fully saturated rings. The van der Waals surface area contributed by atoms with Crippen LogP contribution in [0.2, 0.25) is 0 Å². The second-order valence-corrected chi connectivity index (χ2v) is 4.59. The van der Waals surface area contributed by atoms with Crippen LogP contribution >= 0.6 is 0 Å². The number of aryl methyl sites for hydroxylation is 1. The maximum atomic E-state index is 9.22. The summed E-state index contributed by atoms with van der Waals surface area (Å²) in [6.07, 6.45) is 0.922. The van der Waals surface area contributed by atoms with Crippen LogP contribution in [0.25, 0.3) is 0 Å². The lowest BCUT2D eigenvalue weighted by atomic mass is 10.1. The van der Waals surface area contributed by atoms with Crippen LogP contribution in [0.5, 0.6) is 17.2 Å². The first kappa shape index (κ1) is 14.9. The number of rotatable bonds is 5. The quantitative estimate of drug-likeness (QED) is 0.912. The van der Waals surface area contributed by atoms with E-state index in [9.17, 15) is 5.26 Å². The van der Waals surface area contributed by atoms with E-state index < -0.39 is 0 Å². The fourth-order valence-corrected chi connectivity index (χ4v) is 2.02. The third-order valence-corrected chi connectivity index (χ3v) is 3.26. The highest BCUT2D eigenvalue weighted by Crippen LogP contribution is 2.34. The summed E-state index contributed by atoms with van der Waals surface area (Å²) in [7, 11) is 1.60. The summed E-state index contributed by atoms with van der Waals surface area (Å²) in [6, 6.07) is 13.3. The Morgan fingerprint density at radius 2 is 1.76 bits per heavy atom. The molecule has 0 saturated carbocycles. The average molecular weight is 282 g/mol. The summed E-state index contributed by atoms with van der Waals surface area (Å²) in [5.74, 6) is 1.74. The Morgan fingerprint density at radius 3 is 2.38 bits per heavy atom. The number of nitrogens with two attached hydrogens (primary N) is 1. The zero-order chi connectivity index (χ0) is 15.2. The average Bonchev–Trinajstić information content (AvgIpc) is 2.55. The molecule has 4 heteroatoms. The van der Waals surface area contributed by atoms with Gasteiger partial charge >= 0.3 is 0 Å². The van der Waals surface area contributed by atoms with Gasteiger partial charge in [0.25, 0.3) is 0 Å². The van der Waals surface area contributed by atoms with Crippen LogP contribution in [0, 0.1) is 11.3 Å². The van der Waals surface area contributed by atoms with E-state index >= 15 is 0 Å². The molecule has 0 aliphatic heterocycles. The molecule has 0 amide bonds. The summed E-state index contributed by atoms with van der Waals surface area (Å²) >= 11 is 0. The summed E-state index contributed by atoms with van der Waals surface area (Å²) in [5, 5.41) is 9.22. The van der Waals surface area contributed by atoms with Crippen molar-refractivity contribution in [3.8, 4) is 23.3 Å². The number of benzene rings is 2. The highest BCUT2D eigenvalue weighted by Gasteiger charge is 2.10. The third-order valence-electron chi connectivity index (χ3n) is 3.26. The van der Waals surface area contributed by atoms with Crippen molar-refractivity contribution in [3.63, 3.8) is 0 Å². The Balaban J connectivity index is 2.36. The van der Waals surface area contributed by atoms with E-state index in [0.29, 0.717) is 29.4 Å². The molecule has 0 atom stereocenters. The summed E-state index contributed by atoms with van der Waals surface area (Å²) in [5.41, 5.74) is 8.10. The van der Waals surface area contributed by atoms with Crippen LogP contribution in [0.3, 0.4) is 0 Å². The molecule has 2 rings (SSSR count).